The first-order valence-corrected chi connectivity index (χ1v) is 23.0. The Morgan fingerprint density at radius 1 is 1.03 bits per heavy atom. The summed E-state index contributed by atoms with van der Waals surface area (Å²) in [5.41, 5.74) is 12.8. The van der Waals surface area contributed by atoms with Crippen LogP contribution in [0.15, 0.2) is 70.9 Å². The Balaban J connectivity index is 0.815. The first kappa shape index (κ1) is 45.4. The Labute approximate surface area is 362 Å². The van der Waals surface area contributed by atoms with E-state index in [0.29, 0.717) is 48.6 Å². The fourth-order valence-electron chi connectivity index (χ4n) is 10.4. The molecule has 2 aliphatic heterocycles. The van der Waals surface area contributed by atoms with E-state index >= 15 is 0 Å². The average Bonchev–Trinajstić information content (AvgIpc) is 4.00. The SMILES string of the molecule is CC(O)CNCC1[C+]2C=C(C(O)COc3cc(CC[C-]4C=C(CO)C(CCCCCCC(N)CC5C=Cc6cc(CO)ccc6C5O)[OH+]4)ccc3O)N=C2CCC2CCCC21. The lowest BCUT2D eigenvalue weighted by atomic mass is 9.77. The van der Waals surface area contributed by atoms with Crippen molar-refractivity contribution in [3.05, 3.63) is 100 Å². The Kier molecular flexibility index (Phi) is 16.1. The van der Waals surface area contributed by atoms with E-state index in [9.17, 15) is 30.6 Å². The third-order valence-corrected chi connectivity index (χ3v) is 13.8. The molecule has 0 aromatic heterocycles. The van der Waals surface area contributed by atoms with Gasteiger partial charge in [-0.3, -0.25) is 0 Å². The third kappa shape index (κ3) is 11.7. The van der Waals surface area contributed by atoms with Crippen LogP contribution >= 0.6 is 0 Å². The zero-order chi connectivity index (χ0) is 42.9. The fraction of sp³-hybridized carbons (Fsp3) is 0.580. The van der Waals surface area contributed by atoms with Crippen LogP contribution in [0, 0.1) is 35.7 Å². The number of ether oxygens (including phenoxy) is 2. The van der Waals surface area contributed by atoms with Crippen molar-refractivity contribution < 1.29 is 40.1 Å². The topological polar surface area (TPSA) is 194 Å². The lowest BCUT2D eigenvalue weighted by Crippen LogP contribution is -2.36. The van der Waals surface area contributed by atoms with Gasteiger partial charge in [0.25, 0.3) is 0 Å². The number of aliphatic hydroxyl groups is 7. The van der Waals surface area contributed by atoms with Crippen LogP contribution < -0.4 is 15.8 Å². The van der Waals surface area contributed by atoms with E-state index in [1.165, 1.54) is 25.2 Å². The van der Waals surface area contributed by atoms with E-state index < -0.39 is 18.3 Å². The number of nitrogens with two attached hydrogens (primary N) is 1. The van der Waals surface area contributed by atoms with Gasteiger partial charge in [-0.05, 0) is 104 Å². The number of unbranched alkanes of at least 4 members (excludes halogenated alkanes) is 3. The minimum Gasteiger partial charge on any atom is -0.504 e. The minimum atomic E-state index is -0.939. The summed E-state index contributed by atoms with van der Waals surface area (Å²) in [6.07, 6.45) is 21.1. The van der Waals surface area contributed by atoms with Crippen molar-refractivity contribution >= 4 is 11.8 Å². The van der Waals surface area contributed by atoms with Crippen LogP contribution in [-0.2, 0) is 13.0 Å². The molecule has 2 fully saturated rings. The van der Waals surface area contributed by atoms with Crippen LogP contribution in [0.3, 0.4) is 0 Å². The predicted molar refractivity (Wildman–Crippen MR) is 239 cm³/mol. The largest absolute Gasteiger partial charge is 0.504 e. The van der Waals surface area contributed by atoms with Crippen molar-refractivity contribution in [2.45, 2.75) is 134 Å². The van der Waals surface area contributed by atoms with Gasteiger partial charge < -0.3 is 51.2 Å². The van der Waals surface area contributed by atoms with Crippen molar-refractivity contribution in [2.24, 2.45) is 34.4 Å². The van der Waals surface area contributed by atoms with Crippen LogP contribution in [0.25, 0.3) is 6.08 Å². The highest BCUT2D eigenvalue weighted by Crippen LogP contribution is 2.48. The normalized spacial score (nSPS) is 25.9. The standard InChI is InChI=1S/C50H69N3O8/c1-31(56)26-52-27-43-40-9-6-7-34(40)16-19-44-42(43)25-45(53-44)47(58)30-60-49-22-32(13-20-46(49)57)11-17-39-24-37(29-55)48(61-39)10-5-3-2-4-8-38(51)23-36-15-14-35-21-33(28-54)12-18-41(35)50(36)59/h12-15,18,20-22,24-25,31,34,36,38,40,43,47-48,50,52,54-56,58-59,61H,2-11,16-17,19,23,26-30,51H2,1H3/p+1. The van der Waals surface area contributed by atoms with Crippen molar-refractivity contribution in [3.63, 3.8) is 0 Å². The number of hydrogen-bond donors (Lipinski definition) is 8. The first-order valence-electron chi connectivity index (χ1n) is 23.0. The molecule has 9 atom stereocenters. The molecule has 7 rings (SSSR count). The lowest BCUT2D eigenvalue weighted by Gasteiger charge is -2.28. The van der Waals surface area contributed by atoms with Gasteiger partial charge in [0.1, 0.15) is 30.4 Å². The second kappa shape index (κ2) is 21.6. The molecule has 61 heavy (non-hydrogen) atoms. The fourth-order valence-corrected chi connectivity index (χ4v) is 10.4. The maximum Gasteiger partial charge on any atom is 0.208 e. The minimum absolute atomic E-state index is 0.00594. The molecular formula is C50H70N3O8+. The van der Waals surface area contributed by atoms with Crippen LogP contribution in [0.2, 0.25) is 0 Å². The molecule has 0 saturated heterocycles. The van der Waals surface area contributed by atoms with Crippen LogP contribution in [0.1, 0.15) is 119 Å². The first-order chi connectivity index (χ1) is 29.6. The summed E-state index contributed by atoms with van der Waals surface area (Å²) in [5, 5.41) is 65.7. The highest BCUT2D eigenvalue weighted by Gasteiger charge is 2.49. The lowest BCUT2D eigenvalue weighted by molar-refractivity contribution is -0.0552. The van der Waals surface area contributed by atoms with Crippen molar-refractivity contribution in [2.75, 3.05) is 26.3 Å². The number of aliphatic hydroxyl groups excluding tert-OH is 5. The maximum absolute atomic E-state index is 11.2. The highest BCUT2D eigenvalue weighted by molar-refractivity contribution is 6.03. The molecule has 5 aliphatic rings. The molecule has 11 nitrogen and oxygen atoms in total. The summed E-state index contributed by atoms with van der Waals surface area (Å²) in [6.45, 7) is 3.09. The highest BCUT2D eigenvalue weighted by atomic mass is 16.5. The van der Waals surface area contributed by atoms with E-state index in [4.69, 9.17) is 20.2 Å². The maximum atomic E-state index is 11.2. The molecule has 2 heterocycles. The van der Waals surface area contributed by atoms with Crippen LogP contribution in [-0.4, -0.2) is 91.7 Å². The van der Waals surface area contributed by atoms with Crippen molar-refractivity contribution in [1.82, 2.24) is 5.32 Å². The number of aryl methyl sites for hydroxylation is 1. The number of benzene rings is 2. The van der Waals surface area contributed by atoms with Gasteiger partial charge in [0.2, 0.25) is 5.70 Å². The zero-order valence-corrected chi connectivity index (χ0v) is 36.0. The molecule has 2 aromatic rings. The monoisotopic (exact) mass is 841 g/mol. The number of aromatic hydroxyl groups is 1. The zero-order valence-electron chi connectivity index (χ0n) is 36.0. The summed E-state index contributed by atoms with van der Waals surface area (Å²) in [6, 6.07) is 11.1. The quantitative estimate of drug-likeness (QED) is 0.0395. The molecule has 332 valence electrons. The molecule has 0 spiro atoms. The number of phenols is 1. The number of nitrogens with zero attached hydrogens (tertiary/aromatic N) is 1. The number of nitrogens with one attached hydrogen (secondary N) is 1. The van der Waals surface area contributed by atoms with Crippen molar-refractivity contribution in [1.29, 1.82) is 0 Å². The number of hydrogen-bond acceptors (Lipinski definition) is 10. The third-order valence-electron chi connectivity index (χ3n) is 13.8. The summed E-state index contributed by atoms with van der Waals surface area (Å²) >= 11 is 0. The molecular weight excluding hydrogens is 771 g/mol. The van der Waals surface area contributed by atoms with E-state index in [-0.39, 0.29) is 43.6 Å². The summed E-state index contributed by atoms with van der Waals surface area (Å²) in [5.74, 6) is 3.14. The van der Waals surface area contributed by atoms with Crippen molar-refractivity contribution in [3.8, 4) is 11.5 Å². The molecule has 0 bridgehead atoms. The molecule has 0 radical (unpaired) electrons. The average molecular weight is 841 g/mol. The molecule has 2 aromatic carbocycles. The Morgan fingerprint density at radius 2 is 1.87 bits per heavy atom. The van der Waals surface area contributed by atoms with Gasteiger partial charge in [0.15, 0.2) is 17.6 Å². The van der Waals surface area contributed by atoms with Gasteiger partial charge in [-0.25, -0.2) is 0 Å². The second-order valence-electron chi connectivity index (χ2n) is 18.3. The van der Waals surface area contributed by atoms with Crippen LogP contribution in [0.5, 0.6) is 11.5 Å². The van der Waals surface area contributed by atoms with Gasteiger partial charge in [0, 0.05) is 44.5 Å². The van der Waals surface area contributed by atoms with Gasteiger partial charge in [0.05, 0.1) is 30.8 Å². The second-order valence-corrected chi connectivity index (χ2v) is 18.3. The smallest absolute Gasteiger partial charge is 0.208 e. The summed E-state index contributed by atoms with van der Waals surface area (Å²) < 4.78 is 11.0. The molecule has 10 N–H and O–H groups in total. The molecule has 3 aliphatic carbocycles. The van der Waals surface area contributed by atoms with Gasteiger partial charge in [-0.2, -0.15) is 0 Å². The predicted octanol–water partition coefficient (Wildman–Crippen LogP) is 6.06. The summed E-state index contributed by atoms with van der Waals surface area (Å²) in [7, 11) is 0. The Morgan fingerprint density at radius 3 is 2.69 bits per heavy atom. The Bertz CT molecular complexity index is 1880. The summed E-state index contributed by atoms with van der Waals surface area (Å²) in [4.78, 5) is 4.92. The van der Waals surface area contributed by atoms with E-state index in [1.807, 2.05) is 42.5 Å². The number of phenolic OH excluding ortho intramolecular Hbond substituents is 1. The van der Waals surface area contributed by atoms with Gasteiger partial charge in [-0.1, -0.05) is 62.5 Å². The Hall–Kier alpha value is -3.65. The molecule has 11 heteroatoms. The van der Waals surface area contributed by atoms with Gasteiger partial charge in [-0.15, -0.1) is 16.6 Å². The van der Waals surface area contributed by atoms with E-state index in [2.05, 4.69) is 17.5 Å². The van der Waals surface area contributed by atoms with Crippen LogP contribution in [0.4, 0.5) is 0 Å². The number of fused-ring (bicyclic) bond motifs is 3. The molecule has 0 amide bonds. The number of aliphatic imine (C=N–C) groups is 1. The molecule has 9 unspecified atom stereocenters. The van der Waals surface area contributed by atoms with E-state index in [0.717, 1.165) is 104 Å². The molecule has 2 saturated carbocycles. The van der Waals surface area contributed by atoms with Gasteiger partial charge >= 0.3 is 0 Å². The number of allylic oxidation sites excluding steroid dienone is 1. The van der Waals surface area contributed by atoms with E-state index in [1.54, 1.807) is 13.0 Å². The number of rotatable bonds is 22.